The van der Waals surface area contributed by atoms with Gasteiger partial charge in [-0.15, -0.1) is 0 Å². The number of ether oxygens (including phenoxy) is 2. The van der Waals surface area contributed by atoms with Gasteiger partial charge in [-0.3, -0.25) is 5.10 Å². The van der Waals surface area contributed by atoms with Crippen molar-refractivity contribution in [3.05, 3.63) is 18.3 Å². The third-order valence-electron chi connectivity index (χ3n) is 4.16. The number of aromatic amines is 1. The fourth-order valence-electron chi connectivity index (χ4n) is 3.18. The second kappa shape index (κ2) is 6.35. The first kappa shape index (κ1) is 14.2. The van der Waals surface area contributed by atoms with Crippen LogP contribution in [0.3, 0.4) is 0 Å². The normalized spacial score (nSPS) is 22.4. The molecule has 2 N–H and O–H groups in total. The van der Waals surface area contributed by atoms with Crippen LogP contribution in [-0.4, -0.2) is 36.0 Å². The fourth-order valence-corrected chi connectivity index (χ4v) is 3.18. The topological polar surface area (TPSA) is 59.2 Å². The summed E-state index contributed by atoms with van der Waals surface area (Å²) < 4.78 is 11.8. The number of nitrogens with one attached hydrogen (secondary N) is 2. The van der Waals surface area contributed by atoms with Gasteiger partial charge in [0, 0.05) is 6.04 Å². The van der Waals surface area contributed by atoms with E-state index in [2.05, 4.69) is 22.4 Å². The molecule has 5 heteroatoms. The molecular formula is C16H23N3O2. The minimum Gasteiger partial charge on any atom is -0.492 e. The lowest BCUT2D eigenvalue weighted by atomic mass is 9.93. The third kappa shape index (κ3) is 2.97. The lowest BCUT2D eigenvalue weighted by Gasteiger charge is -2.30. The van der Waals surface area contributed by atoms with Crippen LogP contribution in [-0.2, 0) is 0 Å². The van der Waals surface area contributed by atoms with Crippen molar-refractivity contribution >= 4 is 10.9 Å². The molecule has 21 heavy (non-hydrogen) atoms. The first-order valence-corrected chi connectivity index (χ1v) is 7.72. The zero-order valence-corrected chi connectivity index (χ0v) is 12.7. The monoisotopic (exact) mass is 289 g/mol. The van der Waals surface area contributed by atoms with Gasteiger partial charge in [-0.1, -0.05) is 6.92 Å². The number of aromatic nitrogens is 2. The molecule has 0 saturated heterocycles. The average molecular weight is 289 g/mol. The summed E-state index contributed by atoms with van der Waals surface area (Å²) in [5.74, 6) is 1.58. The Balaban J connectivity index is 1.77. The molecule has 1 aliphatic rings. The second-order valence-corrected chi connectivity index (χ2v) is 5.59. The standard InChI is InChI=1S/C16H23N3O2/c1-3-17-11-5-4-6-12(9-11)21-15-8-7-14-13(10-18-19-14)16(15)20-2/h7-8,10-12,17H,3-6,9H2,1-2H3,(H,18,19)/t11-,12+/m0/s1. The summed E-state index contributed by atoms with van der Waals surface area (Å²) in [5, 5.41) is 11.5. The van der Waals surface area contributed by atoms with Crippen LogP contribution in [0, 0.1) is 0 Å². The van der Waals surface area contributed by atoms with Crippen LogP contribution in [0.1, 0.15) is 32.6 Å². The Kier molecular flexibility index (Phi) is 4.29. The van der Waals surface area contributed by atoms with Crippen LogP contribution >= 0.6 is 0 Å². The summed E-state index contributed by atoms with van der Waals surface area (Å²) in [6.07, 6.45) is 6.64. The van der Waals surface area contributed by atoms with Crippen molar-refractivity contribution < 1.29 is 9.47 Å². The van der Waals surface area contributed by atoms with Crippen LogP contribution < -0.4 is 14.8 Å². The molecule has 3 rings (SSSR count). The number of hydrogen-bond donors (Lipinski definition) is 2. The number of rotatable bonds is 5. The van der Waals surface area contributed by atoms with Crippen molar-refractivity contribution in [2.24, 2.45) is 0 Å². The van der Waals surface area contributed by atoms with Crippen molar-refractivity contribution in [3.8, 4) is 11.5 Å². The van der Waals surface area contributed by atoms with E-state index in [0.29, 0.717) is 6.04 Å². The summed E-state index contributed by atoms with van der Waals surface area (Å²) in [4.78, 5) is 0. The highest BCUT2D eigenvalue weighted by molar-refractivity contribution is 5.87. The number of hydrogen-bond acceptors (Lipinski definition) is 4. The summed E-state index contributed by atoms with van der Waals surface area (Å²) in [7, 11) is 1.68. The van der Waals surface area contributed by atoms with Crippen molar-refractivity contribution in [1.82, 2.24) is 15.5 Å². The molecule has 1 saturated carbocycles. The van der Waals surface area contributed by atoms with Crippen LogP contribution in [0.15, 0.2) is 18.3 Å². The predicted molar refractivity (Wildman–Crippen MR) is 83.0 cm³/mol. The first-order valence-electron chi connectivity index (χ1n) is 7.72. The molecule has 0 aliphatic heterocycles. The van der Waals surface area contributed by atoms with Gasteiger partial charge in [-0.05, 0) is 44.4 Å². The van der Waals surface area contributed by atoms with Gasteiger partial charge < -0.3 is 14.8 Å². The number of nitrogens with zero attached hydrogens (tertiary/aromatic N) is 1. The molecule has 1 heterocycles. The number of methoxy groups -OCH3 is 1. The van der Waals surface area contributed by atoms with E-state index in [-0.39, 0.29) is 6.10 Å². The Morgan fingerprint density at radius 2 is 2.29 bits per heavy atom. The quantitative estimate of drug-likeness (QED) is 0.888. The fraction of sp³-hybridized carbons (Fsp3) is 0.562. The van der Waals surface area contributed by atoms with E-state index in [0.717, 1.165) is 41.8 Å². The Labute approximate surface area is 125 Å². The third-order valence-corrected chi connectivity index (χ3v) is 4.16. The lowest BCUT2D eigenvalue weighted by Crippen LogP contribution is -2.37. The Bertz CT molecular complexity index is 594. The Morgan fingerprint density at radius 1 is 1.38 bits per heavy atom. The maximum atomic E-state index is 6.22. The van der Waals surface area contributed by atoms with E-state index in [1.54, 1.807) is 13.3 Å². The highest BCUT2D eigenvalue weighted by atomic mass is 16.5. The van der Waals surface area contributed by atoms with Crippen LogP contribution in [0.2, 0.25) is 0 Å². The number of benzene rings is 1. The minimum absolute atomic E-state index is 0.251. The van der Waals surface area contributed by atoms with E-state index < -0.39 is 0 Å². The van der Waals surface area contributed by atoms with Crippen molar-refractivity contribution in [1.29, 1.82) is 0 Å². The van der Waals surface area contributed by atoms with E-state index in [4.69, 9.17) is 9.47 Å². The molecule has 2 atom stereocenters. The molecule has 0 radical (unpaired) electrons. The van der Waals surface area contributed by atoms with Crippen LogP contribution in [0.4, 0.5) is 0 Å². The van der Waals surface area contributed by atoms with Gasteiger partial charge in [0.05, 0.1) is 24.2 Å². The number of fused-ring (bicyclic) bond motifs is 1. The molecule has 114 valence electrons. The van der Waals surface area contributed by atoms with Gasteiger partial charge in [-0.2, -0.15) is 5.10 Å². The van der Waals surface area contributed by atoms with Crippen molar-refractivity contribution in [2.75, 3.05) is 13.7 Å². The number of H-pyrrole nitrogens is 1. The molecule has 1 fully saturated rings. The van der Waals surface area contributed by atoms with Gasteiger partial charge in [0.1, 0.15) is 6.10 Å². The lowest BCUT2D eigenvalue weighted by molar-refractivity contribution is 0.131. The Hall–Kier alpha value is -1.75. The molecule has 1 aromatic heterocycles. The van der Waals surface area contributed by atoms with E-state index in [1.165, 1.54) is 12.8 Å². The molecule has 0 unspecified atom stereocenters. The molecule has 5 nitrogen and oxygen atoms in total. The largest absolute Gasteiger partial charge is 0.492 e. The zero-order valence-electron chi connectivity index (χ0n) is 12.7. The van der Waals surface area contributed by atoms with E-state index in [9.17, 15) is 0 Å². The molecule has 1 aromatic carbocycles. The molecular weight excluding hydrogens is 266 g/mol. The zero-order chi connectivity index (χ0) is 14.7. The minimum atomic E-state index is 0.251. The van der Waals surface area contributed by atoms with Gasteiger partial charge >= 0.3 is 0 Å². The van der Waals surface area contributed by atoms with Gasteiger partial charge in [0.2, 0.25) is 0 Å². The molecule has 2 aromatic rings. The van der Waals surface area contributed by atoms with E-state index in [1.807, 2.05) is 12.1 Å². The summed E-state index contributed by atoms with van der Waals surface area (Å²) in [5.41, 5.74) is 0.966. The molecule has 0 bridgehead atoms. The molecule has 0 amide bonds. The Morgan fingerprint density at radius 3 is 3.10 bits per heavy atom. The van der Waals surface area contributed by atoms with Gasteiger partial charge in [0.25, 0.3) is 0 Å². The SMILES string of the molecule is CCN[C@H]1CCC[C@@H](Oc2ccc3[nH]ncc3c2OC)C1. The first-order chi connectivity index (χ1) is 10.3. The van der Waals surface area contributed by atoms with Crippen molar-refractivity contribution in [3.63, 3.8) is 0 Å². The summed E-state index contributed by atoms with van der Waals surface area (Å²) in [6.45, 7) is 3.17. The van der Waals surface area contributed by atoms with Crippen molar-refractivity contribution in [2.45, 2.75) is 44.8 Å². The highest BCUT2D eigenvalue weighted by Gasteiger charge is 2.24. The predicted octanol–water partition coefficient (Wildman–Crippen LogP) is 2.87. The maximum absolute atomic E-state index is 6.22. The van der Waals surface area contributed by atoms with Gasteiger partial charge in [0.15, 0.2) is 11.5 Å². The van der Waals surface area contributed by atoms with Gasteiger partial charge in [-0.25, -0.2) is 0 Å². The maximum Gasteiger partial charge on any atom is 0.171 e. The van der Waals surface area contributed by atoms with Crippen LogP contribution in [0.25, 0.3) is 10.9 Å². The smallest absolute Gasteiger partial charge is 0.171 e. The highest BCUT2D eigenvalue weighted by Crippen LogP contribution is 2.36. The van der Waals surface area contributed by atoms with Crippen LogP contribution in [0.5, 0.6) is 11.5 Å². The summed E-state index contributed by atoms with van der Waals surface area (Å²) in [6, 6.07) is 4.53. The molecule has 1 aliphatic carbocycles. The summed E-state index contributed by atoms with van der Waals surface area (Å²) >= 11 is 0. The molecule has 0 spiro atoms. The van der Waals surface area contributed by atoms with E-state index >= 15 is 0 Å². The second-order valence-electron chi connectivity index (χ2n) is 5.59. The average Bonchev–Trinajstić information content (AvgIpc) is 2.96.